The van der Waals surface area contributed by atoms with E-state index >= 15 is 0 Å². The summed E-state index contributed by atoms with van der Waals surface area (Å²) in [6, 6.07) is 19.6. The largest absolute Gasteiger partial charge is 0.497 e. The van der Waals surface area contributed by atoms with Crippen molar-refractivity contribution in [1.82, 2.24) is 4.57 Å². The first-order chi connectivity index (χ1) is 20.8. The quantitative estimate of drug-likeness (QED) is 0.179. The van der Waals surface area contributed by atoms with Crippen molar-refractivity contribution in [3.8, 4) is 17.2 Å². The van der Waals surface area contributed by atoms with Crippen molar-refractivity contribution in [2.45, 2.75) is 26.8 Å². The maximum absolute atomic E-state index is 13.8. The molecular weight excluding hydrogens is 588 g/mol. The molecule has 0 radical (unpaired) electrons. The number of methoxy groups -OCH3 is 1. The Bertz CT molecular complexity index is 1840. The number of thiazole rings is 1. The highest BCUT2D eigenvalue weighted by Gasteiger charge is 2.33. The van der Waals surface area contributed by atoms with Gasteiger partial charge < -0.3 is 18.9 Å². The molecule has 10 heteroatoms. The molecule has 1 aliphatic rings. The summed E-state index contributed by atoms with van der Waals surface area (Å²) in [6.45, 7) is 6.40. The molecule has 8 nitrogen and oxygen atoms in total. The number of ether oxygens (including phenoxy) is 4. The van der Waals surface area contributed by atoms with E-state index in [0.717, 1.165) is 22.4 Å². The molecular formula is C33H31ClN2O6S. The Morgan fingerprint density at radius 2 is 1.63 bits per heavy atom. The molecule has 222 valence electrons. The van der Waals surface area contributed by atoms with Gasteiger partial charge in [-0.25, -0.2) is 9.79 Å². The number of hydrogen-bond donors (Lipinski definition) is 0. The van der Waals surface area contributed by atoms with Crippen LogP contribution in [0.3, 0.4) is 0 Å². The zero-order valence-corrected chi connectivity index (χ0v) is 25.8. The smallest absolute Gasteiger partial charge is 0.338 e. The minimum absolute atomic E-state index is 0.212. The summed E-state index contributed by atoms with van der Waals surface area (Å²) in [4.78, 5) is 32.0. The van der Waals surface area contributed by atoms with Crippen molar-refractivity contribution >= 4 is 35.0 Å². The van der Waals surface area contributed by atoms with Crippen LogP contribution in [0.15, 0.2) is 87.8 Å². The lowest BCUT2D eigenvalue weighted by Crippen LogP contribution is -2.39. The first kappa shape index (κ1) is 30.1. The van der Waals surface area contributed by atoms with E-state index in [-0.39, 0.29) is 12.2 Å². The average molecular weight is 619 g/mol. The van der Waals surface area contributed by atoms with Crippen molar-refractivity contribution in [2.75, 3.05) is 26.9 Å². The summed E-state index contributed by atoms with van der Waals surface area (Å²) in [5.74, 6) is 1.60. The average Bonchev–Trinajstić information content (AvgIpc) is 3.31. The van der Waals surface area contributed by atoms with Crippen LogP contribution in [0.25, 0.3) is 6.08 Å². The lowest BCUT2D eigenvalue weighted by atomic mass is 9.96. The van der Waals surface area contributed by atoms with Crippen LogP contribution < -0.4 is 29.1 Å². The van der Waals surface area contributed by atoms with Crippen molar-refractivity contribution in [3.05, 3.63) is 119 Å². The Labute approximate surface area is 258 Å². The van der Waals surface area contributed by atoms with E-state index < -0.39 is 12.0 Å². The minimum Gasteiger partial charge on any atom is -0.497 e. The number of halogens is 1. The van der Waals surface area contributed by atoms with Gasteiger partial charge in [0.15, 0.2) is 4.80 Å². The van der Waals surface area contributed by atoms with Gasteiger partial charge in [0, 0.05) is 5.02 Å². The normalized spacial score (nSPS) is 14.6. The predicted octanol–water partition coefficient (Wildman–Crippen LogP) is 5.23. The number of allylic oxidation sites excluding steroid dienone is 1. The lowest BCUT2D eigenvalue weighted by molar-refractivity contribution is -0.139. The van der Waals surface area contributed by atoms with Crippen LogP contribution >= 0.6 is 22.9 Å². The van der Waals surface area contributed by atoms with Crippen molar-refractivity contribution in [1.29, 1.82) is 0 Å². The number of carbonyl (C=O) groups excluding carboxylic acids is 1. The summed E-state index contributed by atoms with van der Waals surface area (Å²) in [5.41, 5.74) is 3.14. The van der Waals surface area contributed by atoms with Crippen LogP contribution in [-0.2, 0) is 9.53 Å². The van der Waals surface area contributed by atoms with Gasteiger partial charge in [-0.2, -0.15) is 0 Å². The summed E-state index contributed by atoms with van der Waals surface area (Å²) < 4.78 is 24.3. The first-order valence-electron chi connectivity index (χ1n) is 13.7. The third-order valence-corrected chi connectivity index (χ3v) is 8.28. The Balaban J connectivity index is 1.37. The van der Waals surface area contributed by atoms with Gasteiger partial charge in [0.25, 0.3) is 5.56 Å². The fourth-order valence-electron chi connectivity index (χ4n) is 4.73. The second-order valence-electron chi connectivity index (χ2n) is 9.75. The number of rotatable bonds is 10. The van der Waals surface area contributed by atoms with E-state index in [1.165, 1.54) is 11.3 Å². The topological polar surface area (TPSA) is 88.4 Å². The highest BCUT2D eigenvalue weighted by Crippen LogP contribution is 2.31. The monoisotopic (exact) mass is 618 g/mol. The van der Waals surface area contributed by atoms with Gasteiger partial charge in [-0.15, -0.1) is 0 Å². The molecule has 0 aliphatic carbocycles. The van der Waals surface area contributed by atoms with Gasteiger partial charge in [0.2, 0.25) is 0 Å². The number of hydrogen-bond acceptors (Lipinski definition) is 8. The molecule has 3 aromatic carbocycles. The maximum Gasteiger partial charge on any atom is 0.338 e. The van der Waals surface area contributed by atoms with Gasteiger partial charge in [-0.3, -0.25) is 9.36 Å². The van der Waals surface area contributed by atoms with E-state index in [4.69, 9.17) is 30.5 Å². The summed E-state index contributed by atoms with van der Waals surface area (Å²) >= 11 is 7.34. The number of aromatic nitrogens is 1. The SMILES string of the molecule is CCOC(=O)C1=C(C)N=c2s/c(=C/c3ccc(OCCOc4ccc(Cl)c(C)c4)cc3)c(=O)n2[C@@H]1c1ccc(OC)cc1. The summed E-state index contributed by atoms with van der Waals surface area (Å²) in [7, 11) is 1.59. The van der Waals surface area contributed by atoms with Gasteiger partial charge >= 0.3 is 5.97 Å². The molecule has 1 aliphatic heterocycles. The number of carbonyl (C=O) groups is 1. The van der Waals surface area contributed by atoms with Crippen molar-refractivity contribution in [2.24, 2.45) is 4.99 Å². The molecule has 0 bridgehead atoms. The zero-order chi connectivity index (χ0) is 30.5. The van der Waals surface area contributed by atoms with Crippen LogP contribution in [0, 0.1) is 6.92 Å². The molecule has 0 unspecified atom stereocenters. The van der Waals surface area contributed by atoms with Gasteiger partial charge in [0.05, 0.1) is 35.6 Å². The van der Waals surface area contributed by atoms with E-state index in [1.54, 1.807) is 37.7 Å². The molecule has 43 heavy (non-hydrogen) atoms. The Morgan fingerprint density at radius 1 is 0.977 bits per heavy atom. The number of esters is 1. The Morgan fingerprint density at radius 3 is 2.28 bits per heavy atom. The minimum atomic E-state index is -0.682. The summed E-state index contributed by atoms with van der Waals surface area (Å²) in [5, 5.41) is 0.700. The third-order valence-electron chi connectivity index (χ3n) is 6.88. The van der Waals surface area contributed by atoms with Gasteiger partial charge in [-0.1, -0.05) is 47.2 Å². The van der Waals surface area contributed by atoms with Crippen LogP contribution in [0.2, 0.25) is 5.02 Å². The molecule has 2 heterocycles. The van der Waals surface area contributed by atoms with E-state index in [2.05, 4.69) is 4.99 Å². The van der Waals surface area contributed by atoms with Crippen LogP contribution in [0.1, 0.15) is 36.6 Å². The summed E-state index contributed by atoms with van der Waals surface area (Å²) in [6.07, 6.45) is 1.81. The number of benzene rings is 3. The molecule has 0 fully saturated rings. The zero-order valence-electron chi connectivity index (χ0n) is 24.3. The standard InChI is InChI=1S/C33H31ClN2O6S/c1-5-40-32(38)29-21(3)35-33-36(30(29)23-8-12-24(39-4)13-9-23)31(37)28(43-33)19-22-6-10-25(11-7-22)41-16-17-42-26-14-15-27(34)20(2)18-26/h6-15,18-19,30H,5,16-17H2,1-4H3/b28-19+/t30-/m1/s1. The maximum atomic E-state index is 13.8. The number of nitrogens with zero attached hydrogens (tertiary/aromatic N) is 2. The third kappa shape index (κ3) is 6.68. The van der Waals surface area contributed by atoms with Crippen molar-refractivity contribution in [3.63, 3.8) is 0 Å². The fourth-order valence-corrected chi connectivity index (χ4v) is 5.89. The second-order valence-corrected chi connectivity index (χ2v) is 11.2. The molecule has 0 amide bonds. The molecule has 0 saturated heterocycles. The molecule has 1 atom stereocenters. The Hall–Kier alpha value is -4.34. The molecule has 1 aromatic heterocycles. The fraction of sp³-hybridized carbons (Fsp3) is 0.242. The lowest BCUT2D eigenvalue weighted by Gasteiger charge is -2.24. The van der Waals surface area contributed by atoms with Gasteiger partial charge in [-0.05, 0) is 86.0 Å². The number of fused-ring (bicyclic) bond motifs is 1. The van der Waals surface area contributed by atoms with Crippen LogP contribution in [0.4, 0.5) is 0 Å². The van der Waals surface area contributed by atoms with Crippen LogP contribution in [0.5, 0.6) is 17.2 Å². The predicted molar refractivity (Wildman–Crippen MR) is 167 cm³/mol. The second kappa shape index (κ2) is 13.3. The molecule has 4 aromatic rings. The Kier molecular flexibility index (Phi) is 9.33. The van der Waals surface area contributed by atoms with Crippen LogP contribution in [-0.4, -0.2) is 37.5 Å². The highest BCUT2D eigenvalue weighted by molar-refractivity contribution is 7.07. The van der Waals surface area contributed by atoms with E-state index in [1.807, 2.05) is 67.6 Å². The van der Waals surface area contributed by atoms with E-state index in [9.17, 15) is 9.59 Å². The van der Waals surface area contributed by atoms with Crippen molar-refractivity contribution < 1.29 is 23.7 Å². The van der Waals surface area contributed by atoms with Gasteiger partial charge in [0.1, 0.15) is 30.5 Å². The molecule has 0 spiro atoms. The van der Waals surface area contributed by atoms with E-state index in [0.29, 0.717) is 50.3 Å². The first-order valence-corrected chi connectivity index (χ1v) is 14.9. The molecule has 0 N–H and O–H groups in total. The number of aryl methyl sites for hydroxylation is 1. The molecule has 5 rings (SSSR count). The molecule has 0 saturated carbocycles. The highest BCUT2D eigenvalue weighted by atomic mass is 35.5.